The van der Waals surface area contributed by atoms with Crippen LogP contribution >= 0.6 is 0 Å². The molecule has 0 bridgehead atoms. The molecule has 22 heavy (non-hydrogen) atoms. The SMILES string of the molecule is CC#CC(=O)N(C)CCc1nc2ccccc2n1CCOC. The molecule has 1 aromatic carbocycles. The first-order valence-corrected chi connectivity index (χ1v) is 7.28. The van der Waals surface area contributed by atoms with Crippen LogP contribution in [0.4, 0.5) is 0 Å². The molecule has 0 aliphatic heterocycles. The van der Waals surface area contributed by atoms with E-state index < -0.39 is 0 Å². The molecule has 1 aromatic heterocycles. The molecule has 0 saturated heterocycles. The largest absolute Gasteiger partial charge is 0.383 e. The highest BCUT2D eigenvalue weighted by Crippen LogP contribution is 2.16. The molecule has 0 N–H and O–H groups in total. The standard InChI is InChI=1S/C17H21N3O2/c1-4-7-17(21)19(2)11-10-16-18-14-8-5-6-9-15(14)20(16)12-13-22-3/h5-6,8-9H,10-13H2,1-3H3. The van der Waals surface area contributed by atoms with Gasteiger partial charge in [-0.2, -0.15) is 0 Å². The Morgan fingerprint density at radius 2 is 2.18 bits per heavy atom. The van der Waals surface area contributed by atoms with Crippen molar-refractivity contribution in [2.75, 3.05) is 27.3 Å². The summed E-state index contributed by atoms with van der Waals surface area (Å²) in [5.41, 5.74) is 2.06. The van der Waals surface area contributed by atoms with Crippen LogP contribution in [0.3, 0.4) is 0 Å². The second kappa shape index (κ2) is 7.62. The fraction of sp³-hybridized carbons (Fsp3) is 0.412. The van der Waals surface area contributed by atoms with Crippen molar-refractivity contribution < 1.29 is 9.53 Å². The van der Waals surface area contributed by atoms with Crippen molar-refractivity contribution in [2.24, 2.45) is 0 Å². The van der Waals surface area contributed by atoms with E-state index in [2.05, 4.69) is 27.5 Å². The molecular weight excluding hydrogens is 278 g/mol. The van der Waals surface area contributed by atoms with E-state index in [-0.39, 0.29) is 5.91 Å². The lowest BCUT2D eigenvalue weighted by molar-refractivity contribution is -0.123. The van der Waals surface area contributed by atoms with Crippen molar-refractivity contribution in [2.45, 2.75) is 19.9 Å². The third-order valence-electron chi connectivity index (χ3n) is 3.50. The van der Waals surface area contributed by atoms with Crippen LogP contribution in [0.25, 0.3) is 11.0 Å². The minimum atomic E-state index is -0.165. The molecular formula is C17H21N3O2. The van der Waals surface area contributed by atoms with Gasteiger partial charge in [-0.05, 0) is 25.0 Å². The van der Waals surface area contributed by atoms with Gasteiger partial charge in [0.15, 0.2) is 0 Å². The molecule has 0 radical (unpaired) electrons. The topological polar surface area (TPSA) is 47.4 Å². The summed E-state index contributed by atoms with van der Waals surface area (Å²) < 4.78 is 7.34. The van der Waals surface area contributed by atoms with E-state index in [0.29, 0.717) is 19.6 Å². The van der Waals surface area contributed by atoms with Gasteiger partial charge in [-0.1, -0.05) is 18.1 Å². The lowest BCUT2D eigenvalue weighted by Gasteiger charge is -2.14. The molecule has 116 valence electrons. The van der Waals surface area contributed by atoms with E-state index in [4.69, 9.17) is 4.74 Å². The summed E-state index contributed by atoms with van der Waals surface area (Å²) >= 11 is 0. The minimum absolute atomic E-state index is 0.165. The number of fused-ring (bicyclic) bond motifs is 1. The van der Waals surface area contributed by atoms with Gasteiger partial charge in [-0.3, -0.25) is 4.79 Å². The van der Waals surface area contributed by atoms with E-state index in [1.807, 2.05) is 18.2 Å². The van der Waals surface area contributed by atoms with Crippen molar-refractivity contribution in [3.8, 4) is 11.8 Å². The van der Waals surface area contributed by atoms with Gasteiger partial charge < -0.3 is 14.2 Å². The van der Waals surface area contributed by atoms with E-state index >= 15 is 0 Å². The third kappa shape index (κ3) is 3.66. The van der Waals surface area contributed by atoms with E-state index in [0.717, 1.165) is 23.4 Å². The fourth-order valence-corrected chi connectivity index (χ4v) is 2.32. The Labute approximate surface area is 130 Å². The summed E-state index contributed by atoms with van der Waals surface area (Å²) in [5.74, 6) is 5.97. The highest BCUT2D eigenvalue weighted by atomic mass is 16.5. The Balaban J connectivity index is 2.18. The Morgan fingerprint density at radius 1 is 1.41 bits per heavy atom. The highest BCUT2D eigenvalue weighted by Gasteiger charge is 2.12. The molecule has 1 amide bonds. The highest BCUT2D eigenvalue weighted by molar-refractivity contribution is 5.93. The Hall–Kier alpha value is -2.32. The molecule has 2 aromatic rings. The first-order valence-electron chi connectivity index (χ1n) is 7.28. The summed E-state index contributed by atoms with van der Waals surface area (Å²) in [4.78, 5) is 18.0. The number of ether oxygens (including phenoxy) is 1. The monoisotopic (exact) mass is 299 g/mol. The zero-order valence-corrected chi connectivity index (χ0v) is 13.3. The lowest BCUT2D eigenvalue weighted by Crippen LogP contribution is -2.28. The summed E-state index contributed by atoms with van der Waals surface area (Å²) in [5, 5.41) is 0. The lowest BCUT2D eigenvalue weighted by atomic mass is 10.3. The van der Waals surface area contributed by atoms with Gasteiger partial charge in [-0.25, -0.2) is 4.98 Å². The molecule has 0 unspecified atom stereocenters. The zero-order valence-electron chi connectivity index (χ0n) is 13.3. The minimum Gasteiger partial charge on any atom is -0.383 e. The molecule has 0 aliphatic carbocycles. The Bertz CT molecular complexity index is 709. The Kier molecular flexibility index (Phi) is 5.56. The van der Waals surface area contributed by atoms with Gasteiger partial charge in [0, 0.05) is 33.7 Å². The van der Waals surface area contributed by atoms with Gasteiger partial charge >= 0.3 is 0 Å². The van der Waals surface area contributed by atoms with Crippen LogP contribution in [0.15, 0.2) is 24.3 Å². The number of carbonyl (C=O) groups is 1. The van der Waals surface area contributed by atoms with Crippen LogP contribution in [-0.2, 0) is 22.5 Å². The number of nitrogens with zero attached hydrogens (tertiary/aromatic N) is 3. The van der Waals surface area contributed by atoms with Gasteiger partial charge in [-0.15, -0.1) is 0 Å². The number of benzene rings is 1. The number of amides is 1. The number of para-hydroxylation sites is 2. The molecule has 5 heteroatoms. The smallest absolute Gasteiger partial charge is 0.298 e. The number of carbonyl (C=O) groups excluding carboxylic acids is 1. The predicted octanol–water partition coefficient (Wildman–Crippen LogP) is 1.71. The van der Waals surface area contributed by atoms with E-state index in [1.54, 1.807) is 26.0 Å². The van der Waals surface area contributed by atoms with Gasteiger partial charge in [0.05, 0.1) is 17.6 Å². The molecule has 5 nitrogen and oxygen atoms in total. The van der Waals surface area contributed by atoms with Crippen LogP contribution in [0, 0.1) is 11.8 Å². The summed E-state index contributed by atoms with van der Waals surface area (Å²) in [6, 6.07) is 8.04. The van der Waals surface area contributed by atoms with Crippen LogP contribution in [0.5, 0.6) is 0 Å². The number of hydrogen-bond acceptors (Lipinski definition) is 3. The molecule has 1 heterocycles. The Morgan fingerprint density at radius 3 is 2.91 bits per heavy atom. The predicted molar refractivity (Wildman–Crippen MR) is 86.4 cm³/mol. The zero-order chi connectivity index (χ0) is 15.9. The second-order valence-electron chi connectivity index (χ2n) is 5.01. The van der Waals surface area contributed by atoms with Crippen LogP contribution in [0.2, 0.25) is 0 Å². The first kappa shape index (κ1) is 16.1. The maximum Gasteiger partial charge on any atom is 0.298 e. The summed E-state index contributed by atoms with van der Waals surface area (Å²) in [6.07, 6.45) is 0.687. The third-order valence-corrected chi connectivity index (χ3v) is 3.50. The quantitative estimate of drug-likeness (QED) is 0.763. The van der Waals surface area contributed by atoms with Crippen LogP contribution in [0.1, 0.15) is 12.7 Å². The van der Waals surface area contributed by atoms with Crippen LogP contribution in [-0.4, -0.2) is 47.7 Å². The van der Waals surface area contributed by atoms with Crippen molar-refractivity contribution in [3.63, 3.8) is 0 Å². The first-order chi connectivity index (χ1) is 10.7. The second-order valence-corrected chi connectivity index (χ2v) is 5.01. The molecule has 2 rings (SSSR count). The molecule has 0 spiro atoms. The van der Waals surface area contributed by atoms with Gasteiger partial charge in [0.1, 0.15) is 5.82 Å². The summed E-state index contributed by atoms with van der Waals surface area (Å²) in [6.45, 7) is 3.63. The molecule has 0 saturated carbocycles. The average Bonchev–Trinajstić information content (AvgIpc) is 2.88. The fourth-order valence-electron chi connectivity index (χ4n) is 2.32. The van der Waals surface area contributed by atoms with Gasteiger partial charge in [0.25, 0.3) is 5.91 Å². The van der Waals surface area contributed by atoms with E-state index in [9.17, 15) is 4.79 Å². The van der Waals surface area contributed by atoms with Gasteiger partial charge in [0.2, 0.25) is 0 Å². The number of likely N-dealkylation sites (N-methyl/N-ethyl adjacent to an activating group) is 1. The van der Waals surface area contributed by atoms with Crippen molar-refractivity contribution in [1.82, 2.24) is 14.5 Å². The molecule has 0 fully saturated rings. The van der Waals surface area contributed by atoms with Crippen molar-refractivity contribution in [1.29, 1.82) is 0 Å². The normalized spacial score (nSPS) is 10.3. The maximum atomic E-state index is 11.7. The number of rotatable bonds is 6. The number of imidazole rings is 1. The molecule has 0 aliphatic rings. The van der Waals surface area contributed by atoms with Crippen molar-refractivity contribution in [3.05, 3.63) is 30.1 Å². The summed E-state index contributed by atoms with van der Waals surface area (Å²) in [7, 11) is 3.45. The molecule has 0 atom stereocenters. The average molecular weight is 299 g/mol. The number of aromatic nitrogens is 2. The number of methoxy groups -OCH3 is 1. The van der Waals surface area contributed by atoms with Crippen molar-refractivity contribution >= 4 is 16.9 Å². The van der Waals surface area contributed by atoms with Crippen LogP contribution < -0.4 is 0 Å². The van der Waals surface area contributed by atoms with E-state index in [1.165, 1.54) is 0 Å². The number of hydrogen-bond donors (Lipinski definition) is 0. The maximum absolute atomic E-state index is 11.7.